The number of ether oxygens (including phenoxy) is 2. The molecule has 250 valence electrons. The fourth-order valence-corrected chi connectivity index (χ4v) is 9.89. The normalized spacial score (nSPS) is 18.6. The Bertz CT molecular complexity index is 1600. The molecule has 0 aliphatic heterocycles. The van der Waals surface area contributed by atoms with Gasteiger partial charge in [-0.2, -0.15) is 0 Å². The van der Waals surface area contributed by atoms with Gasteiger partial charge in [-0.3, -0.25) is 0 Å². The Kier molecular flexibility index (Phi) is 9.35. The Labute approximate surface area is 289 Å². The van der Waals surface area contributed by atoms with Gasteiger partial charge in [0, 0.05) is 22.3 Å². The van der Waals surface area contributed by atoms with E-state index in [0.717, 1.165) is 37.2 Å². The van der Waals surface area contributed by atoms with E-state index in [9.17, 15) is 0 Å². The number of fused-ring (bicyclic) bond motifs is 2. The molecule has 4 aromatic rings. The molecule has 0 heterocycles. The lowest BCUT2D eigenvalue weighted by Gasteiger charge is -2.30. The maximum absolute atomic E-state index is 6.56. The van der Waals surface area contributed by atoms with Crippen molar-refractivity contribution in [3.8, 4) is 44.9 Å². The predicted octanol–water partition coefficient (Wildman–Crippen LogP) is 12.6. The van der Waals surface area contributed by atoms with E-state index in [1.807, 2.05) is 14.2 Å². The SMILES string of the molecule is COc1c(-c2ccc(C3CCCCC3)cc2)cc2c(c1-c1c3c(cc(-c4ccc(C5CCCCC5)cc4)c1OC)CCCC3)CCCC2. The first-order valence-electron chi connectivity index (χ1n) is 19.4. The molecule has 48 heavy (non-hydrogen) atoms. The third kappa shape index (κ3) is 5.99. The molecule has 2 fully saturated rings. The highest BCUT2D eigenvalue weighted by atomic mass is 16.5. The quantitative estimate of drug-likeness (QED) is 0.200. The van der Waals surface area contributed by atoms with Gasteiger partial charge in [0.15, 0.2) is 0 Å². The number of rotatable bonds is 7. The zero-order chi connectivity index (χ0) is 32.5. The van der Waals surface area contributed by atoms with Crippen molar-refractivity contribution in [2.24, 2.45) is 0 Å². The smallest absolute Gasteiger partial charge is 0.134 e. The molecule has 0 N–H and O–H groups in total. The Hall–Kier alpha value is -3.52. The van der Waals surface area contributed by atoms with Gasteiger partial charge in [0.2, 0.25) is 0 Å². The molecule has 0 spiro atoms. The summed E-state index contributed by atoms with van der Waals surface area (Å²) in [6.07, 6.45) is 23.0. The first-order chi connectivity index (χ1) is 23.7. The Balaban J connectivity index is 1.30. The molecule has 2 nitrogen and oxygen atoms in total. The molecule has 4 aromatic carbocycles. The van der Waals surface area contributed by atoms with Crippen LogP contribution in [0.4, 0.5) is 0 Å². The van der Waals surface area contributed by atoms with Crippen molar-refractivity contribution in [2.75, 3.05) is 14.2 Å². The van der Waals surface area contributed by atoms with E-state index >= 15 is 0 Å². The van der Waals surface area contributed by atoms with Gasteiger partial charge >= 0.3 is 0 Å². The lowest BCUT2D eigenvalue weighted by atomic mass is 9.77. The van der Waals surface area contributed by atoms with E-state index < -0.39 is 0 Å². The number of aryl methyl sites for hydroxylation is 2. The van der Waals surface area contributed by atoms with E-state index in [2.05, 4.69) is 60.7 Å². The molecule has 2 saturated carbocycles. The molecular weight excluding hydrogens is 585 g/mol. The van der Waals surface area contributed by atoms with E-state index in [4.69, 9.17) is 9.47 Å². The highest BCUT2D eigenvalue weighted by Gasteiger charge is 2.30. The second kappa shape index (κ2) is 14.1. The van der Waals surface area contributed by atoms with Gasteiger partial charge in [-0.25, -0.2) is 0 Å². The average molecular weight is 639 g/mol. The molecule has 0 saturated heterocycles. The van der Waals surface area contributed by atoms with Crippen LogP contribution in [-0.4, -0.2) is 14.2 Å². The van der Waals surface area contributed by atoms with E-state index in [1.165, 1.54) is 157 Å². The maximum atomic E-state index is 6.56. The van der Waals surface area contributed by atoms with Crippen LogP contribution in [0.25, 0.3) is 33.4 Å². The van der Waals surface area contributed by atoms with E-state index in [-0.39, 0.29) is 0 Å². The second-order valence-electron chi connectivity index (χ2n) is 15.3. The van der Waals surface area contributed by atoms with Gasteiger partial charge in [0.05, 0.1) is 14.2 Å². The number of benzene rings is 4. The fourth-order valence-electron chi connectivity index (χ4n) is 9.89. The van der Waals surface area contributed by atoms with Crippen molar-refractivity contribution in [1.29, 1.82) is 0 Å². The lowest BCUT2D eigenvalue weighted by Crippen LogP contribution is -2.12. The maximum Gasteiger partial charge on any atom is 0.134 e. The summed E-state index contributed by atoms with van der Waals surface area (Å²) in [5.41, 5.74) is 16.6. The van der Waals surface area contributed by atoms with Gasteiger partial charge < -0.3 is 9.47 Å². The van der Waals surface area contributed by atoms with Crippen molar-refractivity contribution in [3.63, 3.8) is 0 Å². The van der Waals surface area contributed by atoms with Crippen LogP contribution in [0.15, 0.2) is 60.7 Å². The van der Waals surface area contributed by atoms with Crippen LogP contribution in [0.2, 0.25) is 0 Å². The predicted molar refractivity (Wildman–Crippen MR) is 201 cm³/mol. The van der Waals surface area contributed by atoms with E-state index in [1.54, 1.807) is 0 Å². The summed E-state index contributed by atoms with van der Waals surface area (Å²) >= 11 is 0. The van der Waals surface area contributed by atoms with Gasteiger partial charge in [-0.1, -0.05) is 87.1 Å². The summed E-state index contributed by atoms with van der Waals surface area (Å²) in [5.74, 6) is 3.47. The average Bonchev–Trinajstić information content (AvgIpc) is 3.17. The molecule has 4 aliphatic carbocycles. The Morgan fingerprint density at radius 3 is 1.19 bits per heavy atom. The highest BCUT2D eigenvalue weighted by Crippen LogP contribution is 2.53. The minimum absolute atomic E-state index is 0.712. The number of hydrogen-bond acceptors (Lipinski definition) is 2. The van der Waals surface area contributed by atoms with Crippen molar-refractivity contribution < 1.29 is 9.47 Å². The minimum Gasteiger partial charge on any atom is -0.495 e. The summed E-state index contributed by atoms with van der Waals surface area (Å²) in [6, 6.07) is 24.1. The molecule has 0 unspecified atom stereocenters. The Morgan fingerprint density at radius 1 is 0.438 bits per heavy atom. The highest BCUT2D eigenvalue weighted by molar-refractivity contribution is 5.94. The minimum atomic E-state index is 0.712. The zero-order valence-electron chi connectivity index (χ0n) is 29.5. The first kappa shape index (κ1) is 31.7. The largest absolute Gasteiger partial charge is 0.495 e. The molecule has 0 radical (unpaired) electrons. The van der Waals surface area contributed by atoms with Crippen LogP contribution in [0.1, 0.15) is 135 Å². The van der Waals surface area contributed by atoms with Crippen LogP contribution in [-0.2, 0) is 25.7 Å². The molecule has 0 aromatic heterocycles. The van der Waals surface area contributed by atoms with E-state index in [0.29, 0.717) is 11.8 Å². The number of methoxy groups -OCH3 is 2. The van der Waals surface area contributed by atoms with Crippen LogP contribution in [0, 0.1) is 0 Å². The van der Waals surface area contributed by atoms with Crippen LogP contribution in [0.5, 0.6) is 11.5 Å². The summed E-state index contributed by atoms with van der Waals surface area (Å²) in [6.45, 7) is 0. The number of hydrogen-bond donors (Lipinski definition) is 0. The fraction of sp³-hybridized carbons (Fsp3) is 0.478. The van der Waals surface area contributed by atoms with Gasteiger partial charge in [-0.05, 0) is 146 Å². The van der Waals surface area contributed by atoms with Crippen molar-refractivity contribution >= 4 is 0 Å². The third-order valence-corrected chi connectivity index (χ3v) is 12.5. The standard InChI is InChI=1S/C46H54O2/c1-47-45-41(35-25-21-33(22-26-35)31-13-5-3-6-14-31)29-37-17-9-11-19-39(37)43(45)44-40-20-12-10-18-38(40)30-42(46(44)48-2)36-27-23-34(24-28-36)32-15-7-4-8-16-32/h21-32H,3-20H2,1-2H3. The topological polar surface area (TPSA) is 18.5 Å². The summed E-state index contributed by atoms with van der Waals surface area (Å²) in [7, 11) is 3.78. The summed E-state index contributed by atoms with van der Waals surface area (Å²) in [5, 5.41) is 0. The molecule has 0 atom stereocenters. The van der Waals surface area contributed by atoms with Crippen molar-refractivity contribution in [2.45, 2.75) is 127 Å². The van der Waals surface area contributed by atoms with Gasteiger partial charge in [-0.15, -0.1) is 0 Å². The van der Waals surface area contributed by atoms with Gasteiger partial charge in [0.25, 0.3) is 0 Å². The molecule has 8 rings (SSSR count). The molecule has 4 aliphatic rings. The summed E-state index contributed by atoms with van der Waals surface area (Å²) < 4.78 is 13.1. The molecule has 0 bridgehead atoms. The second-order valence-corrected chi connectivity index (χ2v) is 15.3. The lowest BCUT2D eigenvalue weighted by molar-refractivity contribution is 0.410. The van der Waals surface area contributed by atoms with Crippen LogP contribution < -0.4 is 9.47 Å². The zero-order valence-corrected chi connectivity index (χ0v) is 29.5. The van der Waals surface area contributed by atoms with Gasteiger partial charge in [0.1, 0.15) is 11.5 Å². The van der Waals surface area contributed by atoms with Crippen molar-refractivity contribution in [1.82, 2.24) is 0 Å². The van der Waals surface area contributed by atoms with Crippen LogP contribution in [0.3, 0.4) is 0 Å². The molecular formula is C46H54O2. The van der Waals surface area contributed by atoms with Crippen molar-refractivity contribution in [3.05, 3.63) is 94.0 Å². The third-order valence-electron chi connectivity index (χ3n) is 12.5. The molecule has 0 amide bonds. The molecule has 2 heteroatoms. The summed E-state index contributed by atoms with van der Waals surface area (Å²) in [4.78, 5) is 0. The Morgan fingerprint density at radius 2 is 0.812 bits per heavy atom. The first-order valence-corrected chi connectivity index (χ1v) is 19.4. The monoisotopic (exact) mass is 638 g/mol. The van der Waals surface area contributed by atoms with Crippen LogP contribution >= 0.6 is 0 Å².